The van der Waals surface area contributed by atoms with Crippen LogP contribution in [0.5, 0.6) is 0 Å². The number of benzene rings is 1. The number of hydrogen-bond acceptors (Lipinski definition) is 2. The Morgan fingerprint density at radius 1 is 1.12 bits per heavy atom. The molecule has 0 aliphatic rings. The second-order valence-electron chi connectivity index (χ2n) is 4.54. The lowest BCUT2D eigenvalue weighted by atomic mass is 10.0. The Morgan fingerprint density at radius 3 is 1.94 bits per heavy atom. The first-order chi connectivity index (χ1) is 7.26. The largest absolute Gasteiger partial charge is 0.238 e. The van der Waals surface area contributed by atoms with E-state index in [1.807, 2.05) is 24.3 Å². The Morgan fingerprint density at radius 2 is 1.56 bits per heavy atom. The van der Waals surface area contributed by atoms with Crippen molar-refractivity contribution in [3.63, 3.8) is 0 Å². The molecule has 90 valence electrons. The average Bonchev–Trinajstić information content (AvgIpc) is 2.16. The molecule has 0 atom stereocenters. The molecule has 0 N–H and O–H groups in total. The fourth-order valence-electron chi connectivity index (χ4n) is 1.47. The second-order valence-corrected chi connectivity index (χ2v) is 7.74. The molecule has 0 saturated carbocycles. The highest BCUT2D eigenvalue weighted by atomic mass is 35.7. The van der Waals surface area contributed by atoms with Crippen LogP contribution in [0.2, 0.25) is 0 Å². The highest BCUT2D eigenvalue weighted by molar-refractivity contribution is 8.14. The van der Waals surface area contributed by atoms with Gasteiger partial charge in [0, 0.05) is 10.7 Å². The molecule has 0 aliphatic heterocycles. The van der Waals surface area contributed by atoms with Gasteiger partial charge >= 0.3 is 0 Å². The summed E-state index contributed by atoms with van der Waals surface area (Å²) in [6.07, 6.45) is 1.42. The molecule has 4 heteroatoms. The number of hydrogen-bond donors (Lipinski definition) is 0. The Kier molecular flexibility index (Phi) is 4.02. The zero-order chi connectivity index (χ0) is 12.4. The van der Waals surface area contributed by atoms with Crippen LogP contribution < -0.4 is 0 Å². The zero-order valence-electron chi connectivity index (χ0n) is 9.83. The van der Waals surface area contributed by atoms with Gasteiger partial charge in [-0.25, -0.2) is 8.42 Å². The third-order valence-corrected chi connectivity index (χ3v) is 5.44. The number of rotatable bonds is 4. The summed E-state index contributed by atoms with van der Waals surface area (Å²) < 4.78 is 21.8. The maximum Gasteiger partial charge on any atom is 0.238 e. The lowest BCUT2D eigenvalue weighted by Gasteiger charge is -2.20. The molecule has 0 aromatic heterocycles. The predicted molar refractivity (Wildman–Crippen MR) is 68.4 cm³/mol. The van der Waals surface area contributed by atoms with Crippen LogP contribution in [0.4, 0.5) is 0 Å². The maximum atomic E-state index is 11.3. The molecule has 0 fully saturated rings. The van der Waals surface area contributed by atoms with Gasteiger partial charge in [0.25, 0.3) is 0 Å². The number of halogens is 1. The normalized spacial score (nSPS) is 12.8. The van der Waals surface area contributed by atoms with Crippen molar-refractivity contribution in [1.29, 1.82) is 0 Å². The Labute approximate surface area is 102 Å². The van der Waals surface area contributed by atoms with E-state index in [1.165, 1.54) is 5.56 Å². The van der Waals surface area contributed by atoms with Gasteiger partial charge in [-0.2, -0.15) is 0 Å². The summed E-state index contributed by atoms with van der Waals surface area (Å²) in [7, 11) is 1.86. The van der Waals surface area contributed by atoms with E-state index < -0.39 is 13.8 Å². The zero-order valence-corrected chi connectivity index (χ0v) is 11.4. The van der Waals surface area contributed by atoms with Crippen LogP contribution in [-0.2, 0) is 21.9 Å². The van der Waals surface area contributed by atoms with Crippen LogP contribution in [0.25, 0.3) is 0 Å². The maximum absolute atomic E-state index is 11.3. The fourth-order valence-corrected chi connectivity index (χ4v) is 1.97. The van der Waals surface area contributed by atoms with Crippen LogP contribution in [-0.4, -0.2) is 13.2 Å². The SMILES string of the molecule is CCc1ccc(CC(C)(C)S(=O)(=O)Cl)cc1. The molecule has 2 nitrogen and oxygen atoms in total. The topological polar surface area (TPSA) is 34.1 Å². The van der Waals surface area contributed by atoms with Gasteiger partial charge in [-0.15, -0.1) is 0 Å². The first-order valence-corrected chi connectivity index (χ1v) is 7.59. The summed E-state index contributed by atoms with van der Waals surface area (Å²) >= 11 is 0. The third-order valence-electron chi connectivity index (χ3n) is 2.72. The van der Waals surface area contributed by atoms with Crippen molar-refractivity contribution >= 4 is 19.7 Å². The molecule has 1 aromatic rings. The van der Waals surface area contributed by atoms with E-state index in [-0.39, 0.29) is 0 Å². The molecular formula is C12H17ClO2S. The first kappa shape index (κ1) is 13.5. The van der Waals surface area contributed by atoms with Gasteiger partial charge in [0.05, 0.1) is 4.75 Å². The molecule has 0 unspecified atom stereocenters. The molecule has 1 rings (SSSR count). The predicted octanol–water partition coefficient (Wildman–Crippen LogP) is 3.14. The van der Waals surface area contributed by atoms with Crippen molar-refractivity contribution in [1.82, 2.24) is 0 Å². The van der Waals surface area contributed by atoms with E-state index in [2.05, 4.69) is 6.92 Å². The van der Waals surface area contributed by atoms with Crippen LogP contribution in [0.3, 0.4) is 0 Å². The van der Waals surface area contributed by atoms with Crippen LogP contribution >= 0.6 is 10.7 Å². The molecule has 0 amide bonds. The Balaban J connectivity index is 2.89. The van der Waals surface area contributed by atoms with E-state index in [4.69, 9.17) is 10.7 Å². The minimum Gasteiger partial charge on any atom is -0.212 e. The van der Waals surface area contributed by atoms with Gasteiger partial charge in [0.15, 0.2) is 0 Å². The Hall–Kier alpha value is -0.540. The summed E-state index contributed by atoms with van der Waals surface area (Å²) in [4.78, 5) is 0. The molecule has 0 radical (unpaired) electrons. The van der Waals surface area contributed by atoms with Gasteiger partial charge in [0.1, 0.15) is 0 Å². The molecular weight excluding hydrogens is 244 g/mol. The smallest absolute Gasteiger partial charge is 0.212 e. The lowest BCUT2D eigenvalue weighted by molar-refractivity contribution is 0.559. The minimum atomic E-state index is -3.54. The van der Waals surface area contributed by atoms with E-state index >= 15 is 0 Å². The van der Waals surface area contributed by atoms with Crippen molar-refractivity contribution in [2.75, 3.05) is 0 Å². The summed E-state index contributed by atoms with van der Waals surface area (Å²) in [5, 5.41) is 0. The van der Waals surface area contributed by atoms with Gasteiger partial charge in [-0.1, -0.05) is 31.2 Å². The molecule has 0 aliphatic carbocycles. The van der Waals surface area contributed by atoms with Gasteiger partial charge in [0.2, 0.25) is 9.05 Å². The van der Waals surface area contributed by atoms with Crippen LogP contribution in [0, 0.1) is 0 Å². The van der Waals surface area contributed by atoms with Crippen molar-refractivity contribution in [3.05, 3.63) is 35.4 Å². The van der Waals surface area contributed by atoms with Gasteiger partial charge in [-0.05, 0) is 37.8 Å². The van der Waals surface area contributed by atoms with Crippen molar-refractivity contribution in [3.8, 4) is 0 Å². The van der Waals surface area contributed by atoms with Crippen molar-refractivity contribution < 1.29 is 8.42 Å². The summed E-state index contributed by atoms with van der Waals surface area (Å²) in [5.74, 6) is 0. The summed E-state index contributed by atoms with van der Waals surface area (Å²) in [6.45, 7) is 5.37. The average molecular weight is 261 g/mol. The van der Waals surface area contributed by atoms with Crippen molar-refractivity contribution in [2.45, 2.75) is 38.4 Å². The summed E-state index contributed by atoms with van der Waals surface area (Å²) in [5.41, 5.74) is 2.24. The molecule has 16 heavy (non-hydrogen) atoms. The third kappa shape index (κ3) is 3.22. The van der Waals surface area contributed by atoms with E-state index in [0.717, 1.165) is 12.0 Å². The van der Waals surface area contributed by atoms with Gasteiger partial charge < -0.3 is 0 Å². The van der Waals surface area contributed by atoms with Crippen molar-refractivity contribution in [2.24, 2.45) is 0 Å². The van der Waals surface area contributed by atoms with Gasteiger partial charge in [-0.3, -0.25) is 0 Å². The Bertz CT molecular complexity index is 446. The molecule has 0 saturated heterocycles. The second kappa shape index (κ2) is 4.76. The van der Waals surface area contributed by atoms with E-state index in [9.17, 15) is 8.42 Å². The molecule has 1 aromatic carbocycles. The monoisotopic (exact) mass is 260 g/mol. The fraction of sp³-hybridized carbons (Fsp3) is 0.500. The molecule has 0 heterocycles. The van der Waals surface area contributed by atoms with E-state index in [1.54, 1.807) is 13.8 Å². The highest BCUT2D eigenvalue weighted by Crippen LogP contribution is 2.25. The van der Waals surface area contributed by atoms with Crippen LogP contribution in [0.15, 0.2) is 24.3 Å². The summed E-state index contributed by atoms with van der Waals surface area (Å²) in [6, 6.07) is 7.96. The molecule has 0 bridgehead atoms. The van der Waals surface area contributed by atoms with E-state index in [0.29, 0.717) is 6.42 Å². The minimum absolute atomic E-state index is 0.433. The van der Waals surface area contributed by atoms with Crippen LogP contribution in [0.1, 0.15) is 31.9 Å². The quantitative estimate of drug-likeness (QED) is 0.780. The standard InChI is InChI=1S/C12H17ClO2S/c1-4-10-5-7-11(8-6-10)9-12(2,3)16(13,14)15/h5-8H,4,9H2,1-3H3. The first-order valence-electron chi connectivity index (χ1n) is 5.28. The number of aryl methyl sites for hydroxylation is 1. The molecule has 0 spiro atoms. The highest BCUT2D eigenvalue weighted by Gasteiger charge is 2.32. The lowest BCUT2D eigenvalue weighted by Crippen LogP contribution is -2.30.